The first kappa shape index (κ1) is 24.0. The summed E-state index contributed by atoms with van der Waals surface area (Å²) in [5.41, 5.74) is 1.10. The molecule has 1 aromatic carbocycles. The largest absolute Gasteiger partial charge is 0.489 e. The van der Waals surface area contributed by atoms with E-state index in [0.29, 0.717) is 24.5 Å². The molecule has 1 spiro atoms. The number of hydrogen-bond donors (Lipinski definition) is 1. The molecule has 1 fully saturated rings. The second kappa shape index (κ2) is 10.3. The number of rotatable bonds is 3. The molecular weight excluding hydrogens is 411 g/mol. The molecule has 1 N–H and O–H groups in total. The van der Waals surface area contributed by atoms with Gasteiger partial charge in [0.1, 0.15) is 28.6 Å². The predicted octanol–water partition coefficient (Wildman–Crippen LogP) is 4.40. The third kappa shape index (κ3) is 6.19. The number of carbonyl (C=O) groups excluding carboxylic acids is 1. The van der Waals surface area contributed by atoms with Crippen molar-refractivity contribution in [1.29, 1.82) is 0 Å². The molecule has 1 aromatic heterocycles. The number of hydrogen-bond acceptors (Lipinski definition) is 5. The topological polar surface area (TPSA) is 71.9 Å². The van der Waals surface area contributed by atoms with E-state index in [0.717, 1.165) is 37.0 Å². The van der Waals surface area contributed by atoms with Gasteiger partial charge in [-0.15, -0.1) is 0 Å². The van der Waals surface area contributed by atoms with Gasteiger partial charge in [-0.1, -0.05) is 0 Å². The van der Waals surface area contributed by atoms with Crippen LogP contribution in [0.3, 0.4) is 0 Å². The number of aryl methyl sites for hydroxylation is 1. The first-order chi connectivity index (χ1) is 15.2. The molecule has 0 aliphatic carbocycles. The Morgan fingerprint density at radius 2 is 1.84 bits per heavy atom. The Hall–Kier alpha value is -2.67. The summed E-state index contributed by atoms with van der Waals surface area (Å²) in [4.78, 5) is 18.9. The zero-order chi connectivity index (χ0) is 23.3. The highest BCUT2D eigenvalue weighted by molar-refractivity contribution is 5.92. The van der Waals surface area contributed by atoms with E-state index in [-0.39, 0.29) is 29.5 Å². The fraction of sp³-hybridized carbons (Fsp3) is 0.520. The molecule has 1 amide bonds. The van der Waals surface area contributed by atoms with Crippen molar-refractivity contribution in [2.24, 2.45) is 0 Å². The Morgan fingerprint density at radius 3 is 2.44 bits per heavy atom. The average Bonchev–Trinajstić information content (AvgIpc) is 2.74. The Kier molecular flexibility index (Phi) is 7.72. The quantitative estimate of drug-likeness (QED) is 0.760. The fourth-order valence-electron chi connectivity index (χ4n) is 3.97. The molecular formula is C25H33FN2O4. The van der Waals surface area contributed by atoms with Crippen LogP contribution < -0.4 is 9.47 Å². The van der Waals surface area contributed by atoms with Gasteiger partial charge < -0.3 is 19.5 Å². The lowest BCUT2D eigenvalue weighted by atomic mass is 9.83. The molecule has 0 bridgehead atoms. The number of benzene rings is 1. The number of aliphatic hydroxyl groups is 1. The number of ether oxygens (including phenoxy) is 2. The standard InChI is InChI=1S/C22H25FN2O3.C3H8O/c1-15(2)27-18-4-5-19(24-14-18)21(26)25-11-9-22(10-12-25)8-7-16-13-17(23)3-6-20(16)28-22;1-3(2)4/h3-6,13-15H,7-12H2,1-2H3;3-4H,1-2H3. The van der Waals surface area contributed by atoms with Gasteiger partial charge in [0, 0.05) is 32.0 Å². The number of nitrogens with zero attached hydrogens (tertiary/aromatic N) is 2. The molecule has 3 heterocycles. The lowest BCUT2D eigenvalue weighted by molar-refractivity contribution is -0.0109. The molecule has 2 aliphatic heterocycles. The smallest absolute Gasteiger partial charge is 0.272 e. The average molecular weight is 445 g/mol. The number of carbonyl (C=O) groups is 1. The van der Waals surface area contributed by atoms with Crippen molar-refractivity contribution >= 4 is 5.91 Å². The predicted molar refractivity (Wildman–Crippen MR) is 121 cm³/mol. The molecule has 0 unspecified atom stereocenters. The van der Waals surface area contributed by atoms with Gasteiger partial charge in [0.25, 0.3) is 5.91 Å². The number of amides is 1. The third-order valence-electron chi connectivity index (χ3n) is 5.49. The Bertz CT molecular complexity index is 904. The summed E-state index contributed by atoms with van der Waals surface area (Å²) < 4.78 is 25.2. The van der Waals surface area contributed by atoms with E-state index >= 15 is 0 Å². The monoisotopic (exact) mass is 444 g/mol. The van der Waals surface area contributed by atoms with Crippen LogP contribution in [0.4, 0.5) is 4.39 Å². The summed E-state index contributed by atoms with van der Waals surface area (Å²) in [5.74, 6) is 1.14. The van der Waals surface area contributed by atoms with Crippen molar-refractivity contribution < 1.29 is 23.8 Å². The van der Waals surface area contributed by atoms with E-state index in [4.69, 9.17) is 14.6 Å². The summed E-state index contributed by atoms with van der Waals surface area (Å²) in [5, 5.41) is 8.06. The summed E-state index contributed by atoms with van der Waals surface area (Å²) in [6.45, 7) is 8.60. The van der Waals surface area contributed by atoms with Gasteiger partial charge in [-0.25, -0.2) is 9.37 Å². The van der Waals surface area contributed by atoms with E-state index in [2.05, 4.69) is 4.98 Å². The highest BCUT2D eigenvalue weighted by atomic mass is 19.1. The normalized spacial score (nSPS) is 16.8. The highest BCUT2D eigenvalue weighted by Crippen LogP contribution is 2.39. The van der Waals surface area contributed by atoms with Crippen LogP contribution in [-0.2, 0) is 6.42 Å². The van der Waals surface area contributed by atoms with Gasteiger partial charge in [0.2, 0.25) is 0 Å². The van der Waals surface area contributed by atoms with Crippen molar-refractivity contribution in [3.05, 3.63) is 53.6 Å². The molecule has 2 aliphatic rings. The van der Waals surface area contributed by atoms with Gasteiger partial charge in [0.05, 0.1) is 12.3 Å². The van der Waals surface area contributed by atoms with Crippen molar-refractivity contribution in [3.63, 3.8) is 0 Å². The highest BCUT2D eigenvalue weighted by Gasteiger charge is 2.40. The number of likely N-dealkylation sites (tertiary alicyclic amines) is 1. The molecule has 174 valence electrons. The van der Waals surface area contributed by atoms with Crippen molar-refractivity contribution in [2.75, 3.05) is 13.1 Å². The maximum Gasteiger partial charge on any atom is 0.272 e. The molecule has 0 atom stereocenters. The van der Waals surface area contributed by atoms with Crippen LogP contribution >= 0.6 is 0 Å². The van der Waals surface area contributed by atoms with E-state index in [9.17, 15) is 9.18 Å². The van der Waals surface area contributed by atoms with Gasteiger partial charge in [-0.05, 0) is 76.4 Å². The van der Waals surface area contributed by atoms with Gasteiger partial charge >= 0.3 is 0 Å². The van der Waals surface area contributed by atoms with Crippen molar-refractivity contribution in [1.82, 2.24) is 9.88 Å². The molecule has 0 saturated carbocycles. The number of halogens is 1. The Balaban J connectivity index is 0.000000668. The molecule has 32 heavy (non-hydrogen) atoms. The molecule has 2 aromatic rings. The maximum absolute atomic E-state index is 13.4. The summed E-state index contributed by atoms with van der Waals surface area (Å²) in [7, 11) is 0. The third-order valence-corrected chi connectivity index (χ3v) is 5.49. The second-order valence-corrected chi connectivity index (χ2v) is 8.97. The number of fused-ring (bicyclic) bond motifs is 1. The first-order valence-corrected chi connectivity index (χ1v) is 11.2. The van der Waals surface area contributed by atoms with E-state index in [1.165, 1.54) is 6.07 Å². The Morgan fingerprint density at radius 1 is 1.16 bits per heavy atom. The van der Waals surface area contributed by atoms with Gasteiger partial charge in [-0.2, -0.15) is 0 Å². The van der Waals surface area contributed by atoms with Crippen LogP contribution in [0.25, 0.3) is 0 Å². The summed E-state index contributed by atoms with van der Waals surface area (Å²) in [6.07, 6.45) is 4.69. The Labute approximate surface area is 189 Å². The summed E-state index contributed by atoms with van der Waals surface area (Å²) in [6, 6.07) is 8.21. The number of piperidine rings is 1. The van der Waals surface area contributed by atoms with Crippen molar-refractivity contribution in [3.8, 4) is 11.5 Å². The minimum absolute atomic E-state index is 0.0655. The second-order valence-electron chi connectivity index (χ2n) is 8.97. The van der Waals surface area contributed by atoms with Crippen LogP contribution in [0.15, 0.2) is 36.5 Å². The molecule has 4 rings (SSSR count). The molecule has 7 heteroatoms. The SMILES string of the molecule is CC(C)O.CC(C)Oc1ccc(C(=O)N2CCC3(CCc4cc(F)ccc4O3)CC2)nc1. The number of aromatic nitrogens is 1. The van der Waals surface area contributed by atoms with Crippen LogP contribution in [0.2, 0.25) is 0 Å². The van der Waals surface area contributed by atoms with Crippen LogP contribution in [0.5, 0.6) is 11.5 Å². The fourth-order valence-corrected chi connectivity index (χ4v) is 3.97. The van der Waals surface area contributed by atoms with Crippen LogP contribution in [0.1, 0.15) is 63.0 Å². The maximum atomic E-state index is 13.4. The number of pyridine rings is 1. The molecule has 1 saturated heterocycles. The zero-order valence-corrected chi connectivity index (χ0v) is 19.3. The zero-order valence-electron chi connectivity index (χ0n) is 19.3. The minimum Gasteiger partial charge on any atom is -0.489 e. The van der Waals surface area contributed by atoms with E-state index in [1.807, 2.05) is 18.7 Å². The summed E-state index contributed by atoms with van der Waals surface area (Å²) >= 11 is 0. The van der Waals surface area contributed by atoms with Gasteiger partial charge in [0.15, 0.2) is 0 Å². The molecule has 0 radical (unpaired) electrons. The van der Waals surface area contributed by atoms with Crippen LogP contribution in [-0.4, -0.2) is 51.8 Å². The lowest BCUT2D eigenvalue weighted by Gasteiger charge is -2.44. The minimum atomic E-state index is -0.260. The number of aliphatic hydroxyl groups excluding tert-OH is 1. The van der Waals surface area contributed by atoms with Crippen LogP contribution in [0, 0.1) is 5.82 Å². The van der Waals surface area contributed by atoms with E-state index in [1.54, 1.807) is 44.3 Å². The lowest BCUT2D eigenvalue weighted by Crippen LogP contribution is -2.51. The van der Waals surface area contributed by atoms with E-state index < -0.39 is 0 Å². The first-order valence-electron chi connectivity index (χ1n) is 11.2. The van der Waals surface area contributed by atoms with Gasteiger partial charge in [-0.3, -0.25) is 4.79 Å². The molecule has 6 nitrogen and oxygen atoms in total. The van der Waals surface area contributed by atoms with Crippen molar-refractivity contribution in [2.45, 2.75) is 71.2 Å².